The summed E-state index contributed by atoms with van der Waals surface area (Å²) in [5.41, 5.74) is 5.83. The Morgan fingerprint density at radius 1 is 0.839 bits per heavy atom. The Morgan fingerprint density at radius 2 is 1.61 bits per heavy atom. The first-order valence-corrected chi connectivity index (χ1v) is 11.1. The molecule has 31 heavy (non-hydrogen) atoms. The second-order valence-corrected chi connectivity index (χ2v) is 8.25. The Morgan fingerprint density at radius 3 is 2.29 bits per heavy atom. The van der Waals surface area contributed by atoms with E-state index in [2.05, 4.69) is 76.2 Å². The fourth-order valence-electron chi connectivity index (χ4n) is 3.53. The van der Waals surface area contributed by atoms with Crippen LogP contribution in [0.2, 0.25) is 0 Å². The second-order valence-electron chi connectivity index (χ2n) is 8.25. The fraction of sp³-hybridized carbons (Fsp3) is 0.357. The minimum absolute atomic E-state index is 0.411. The van der Waals surface area contributed by atoms with Crippen LogP contribution in [0.5, 0.6) is 17.2 Å². The third-order valence-electron chi connectivity index (χ3n) is 5.39. The summed E-state index contributed by atoms with van der Waals surface area (Å²) in [6.07, 6.45) is 2.19. The van der Waals surface area contributed by atoms with Crippen LogP contribution in [0.1, 0.15) is 56.2 Å². The number of benzene rings is 3. The molecule has 164 valence electrons. The van der Waals surface area contributed by atoms with Gasteiger partial charge in [-0.05, 0) is 54.2 Å². The van der Waals surface area contributed by atoms with Gasteiger partial charge >= 0.3 is 0 Å². The zero-order chi connectivity index (χ0) is 22.2. The maximum atomic E-state index is 6.03. The number of hydrogen-bond donors (Lipinski definition) is 0. The van der Waals surface area contributed by atoms with E-state index < -0.39 is 0 Å². The minimum Gasteiger partial charge on any atom is -0.496 e. The molecule has 0 spiro atoms. The number of rotatable bonds is 10. The van der Waals surface area contributed by atoms with Crippen molar-refractivity contribution in [3.8, 4) is 28.4 Å². The van der Waals surface area contributed by atoms with Crippen LogP contribution in [-0.2, 0) is 6.61 Å². The van der Waals surface area contributed by atoms with Gasteiger partial charge in [-0.3, -0.25) is 0 Å². The van der Waals surface area contributed by atoms with Crippen molar-refractivity contribution in [1.82, 2.24) is 0 Å². The highest BCUT2D eigenvalue weighted by atomic mass is 16.5. The van der Waals surface area contributed by atoms with E-state index in [1.165, 1.54) is 11.1 Å². The summed E-state index contributed by atoms with van der Waals surface area (Å²) in [6.45, 7) is 9.87. The van der Waals surface area contributed by atoms with Gasteiger partial charge in [-0.1, -0.05) is 69.2 Å². The largest absolute Gasteiger partial charge is 0.496 e. The van der Waals surface area contributed by atoms with E-state index >= 15 is 0 Å². The van der Waals surface area contributed by atoms with Crippen LogP contribution in [0, 0.1) is 6.92 Å². The fourth-order valence-corrected chi connectivity index (χ4v) is 3.53. The van der Waals surface area contributed by atoms with Crippen LogP contribution in [0.25, 0.3) is 11.1 Å². The average molecular weight is 419 g/mol. The topological polar surface area (TPSA) is 27.7 Å². The molecule has 3 heteroatoms. The van der Waals surface area contributed by atoms with Crippen LogP contribution in [0.4, 0.5) is 0 Å². The molecular weight excluding hydrogens is 384 g/mol. The highest BCUT2D eigenvalue weighted by Gasteiger charge is 2.10. The standard InChI is InChI=1S/C28H34O3/c1-6-7-16-30-27-15-8-21(4)17-26(27)23-11-9-22(10-12-23)19-31-24-13-14-25(20(2)3)28(18-24)29-5/h8-15,17-18,20H,6-7,16,19H2,1-5H3. The molecular formula is C28H34O3. The number of unbranched alkanes of at least 4 members (excludes halogenated alkanes) is 1. The van der Waals surface area contributed by atoms with Gasteiger partial charge in [0, 0.05) is 11.6 Å². The molecule has 0 N–H and O–H groups in total. The summed E-state index contributed by atoms with van der Waals surface area (Å²) in [7, 11) is 1.70. The van der Waals surface area contributed by atoms with Gasteiger partial charge in [-0.25, -0.2) is 0 Å². The molecule has 0 fully saturated rings. The molecule has 3 aromatic rings. The van der Waals surface area contributed by atoms with Crippen molar-refractivity contribution in [1.29, 1.82) is 0 Å². The van der Waals surface area contributed by atoms with Crippen LogP contribution in [0.3, 0.4) is 0 Å². The Bertz CT molecular complexity index is 974. The smallest absolute Gasteiger partial charge is 0.127 e. The van der Waals surface area contributed by atoms with E-state index in [-0.39, 0.29) is 0 Å². The van der Waals surface area contributed by atoms with Crippen molar-refractivity contribution in [2.45, 2.75) is 53.1 Å². The molecule has 0 bridgehead atoms. The number of hydrogen-bond acceptors (Lipinski definition) is 3. The van der Waals surface area contributed by atoms with Crippen LogP contribution in [-0.4, -0.2) is 13.7 Å². The number of methoxy groups -OCH3 is 1. The Balaban J connectivity index is 1.71. The van der Waals surface area contributed by atoms with Crippen molar-refractivity contribution in [2.24, 2.45) is 0 Å². The van der Waals surface area contributed by atoms with E-state index in [4.69, 9.17) is 14.2 Å². The summed E-state index contributed by atoms with van der Waals surface area (Å²) < 4.78 is 17.6. The predicted molar refractivity (Wildman–Crippen MR) is 128 cm³/mol. The Kier molecular flexibility index (Phi) is 8.00. The highest BCUT2D eigenvalue weighted by Crippen LogP contribution is 2.32. The summed E-state index contributed by atoms with van der Waals surface area (Å²) in [5, 5.41) is 0. The van der Waals surface area contributed by atoms with Crippen LogP contribution >= 0.6 is 0 Å². The van der Waals surface area contributed by atoms with Gasteiger partial charge in [0.1, 0.15) is 23.9 Å². The van der Waals surface area contributed by atoms with Gasteiger partial charge < -0.3 is 14.2 Å². The van der Waals surface area contributed by atoms with Gasteiger partial charge in [0.25, 0.3) is 0 Å². The van der Waals surface area contributed by atoms with Gasteiger partial charge in [0.2, 0.25) is 0 Å². The summed E-state index contributed by atoms with van der Waals surface area (Å²) in [4.78, 5) is 0. The first-order valence-electron chi connectivity index (χ1n) is 11.1. The minimum atomic E-state index is 0.411. The van der Waals surface area contributed by atoms with E-state index in [1.54, 1.807) is 7.11 Å². The third kappa shape index (κ3) is 6.04. The molecule has 0 amide bonds. The van der Waals surface area contributed by atoms with E-state index in [1.807, 2.05) is 12.1 Å². The monoisotopic (exact) mass is 418 g/mol. The normalized spacial score (nSPS) is 10.9. The van der Waals surface area contributed by atoms with Crippen molar-refractivity contribution < 1.29 is 14.2 Å². The van der Waals surface area contributed by atoms with Gasteiger partial charge in [0.05, 0.1) is 13.7 Å². The van der Waals surface area contributed by atoms with Gasteiger partial charge in [0.15, 0.2) is 0 Å². The maximum Gasteiger partial charge on any atom is 0.127 e. The molecule has 0 saturated heterocycles. The quantitative estimate of drug-likeness (QED) is 0.318. The van der Waals surface area contributed by atoms with Crippen molar-refractivity contribution in [2.75, 3.05) is 13.7 Å². The van der Waals surface area contributed by atoms with Gasteiger partial charge in [-0.2, -0.15) is 0 Å². The Hall–Kier alpha value is -2.94. The first kappa shape index (κ1) is 22.7. The molecule has 0 radical (unpaired) electrons. The molecule has 0 saturated carbocycles. The molecule has 0 aliphatic carbocycles. The summed E-state index contributed by atoms with van der Waals surface area (Å²) >= 11 is 0. The maximum absolute atomic E-state index is 6.03. The SMILES string of the molecule is CCCCOc1ccc(C)cc1-c1ccc(COc2ccc(C(C)C)c(OC)c2)cc1. The molecule has 3 nitrogen and oxygen atoms in total. The number of aryl methyl sites for hydroxylation is 1. The van der Waals surface area contributed by atoms with E-state index in [9.17, 15) is 0 Å². The molecule has 3 aromatic carbocycles. The zero-order valence-electron chi connectivity index (χ0n) is 19.4. The number of ether oxygens (including phenoxy) is 3. The molecule has 3 rings (SSSR count). The summed E-state index contributed by atoms with van der Waals surface area (Å²) in [5.74, 6) is 3.04. The third-order valence-corrected chi connectivity index (χ3v) is 5.39. The lowest BCUT2D eigenvalue weighted by Gasteiger charge is -2.15. The van der Waals surface area contributed by atoms with Gasteiger partial charge in [-0.15, -0.1) is 0 Å². The lowest BCUT2D eigenvalue weighted by molar-refractivity contribution is 0.303. The van der Waals surface area contributed by atoms with Crippen LogP contribution < -0.4 is 14.2 Å². The molecule has 0 aliphatic heterocycles. The first-order chi connectivity index (χ1) is 15.0. The summed E-state index contributed by atoms with van der Waals surface area (Å²) in [6, 6.07) is 21.0. The predicted octanol–water partition coefficient (Wildman–Crippen LogP) is 7.55. The lowest BCUT2D eigenvalue weighted by atomic mass is 10.0. The van der Waals surface area contributed by atoms with E-state index in [0.717, 1.165) is 53.4 Å². The van der Waals surface area contributed by atoms with E-state index in [0.29, 0.717) is 12.5 Å². The lowest BCUT2D eigenvalue weighted by Crippen LogP contribution is -1.99. The van der Waals surface area contributed by atoms with Crippen LogP contribution in [0.15, 0.2) is 60.7 Å². The van der Waals surface area contributed by atoms with Crippen molar-refractivity contribution >= 4 is 0 Å². The highest BCUT2D eigenvalue weighted by molar-refractivity contribution is 5.71. The Labute approximate surface area is 187 Å². The molecule has 0 atom stereocenters. The molecule has 0 unspecified atom stereocenters. The molecule has 0 aliphatic rings. The zero-order valence-corrected chi connectivity index (χ0v) is 19.4. The van der Waals surface area contributed by atoms with Crippen molar-refractivity contribution in [3.63, 3.8) is 0 Å². The molecule has 0 aromatic heterocycles. The molecule has 0 heterocycles. The second kappa shape index (κ2) is 10.9. The van der Waals surface area contributed by atoms with Crippen molar-refractivity contribution in [3.05, 3.63) is 77.4 Å². The average Bonchev–Trinajstić information content (AvgIpc) is 2.78.